The Hall–Kier alpha value is -1.48. The smallest absolute Gasteiger partial charge is 0.226 e. The van der Waals surface area contributed by atoms with Crippen molar-refractivity contribution in [2.45, 2.75) is 62.4 Å². The molecule has 2 heterocycles. The van der Waals surface area contributed by atoms with Crippen molar-refractivity contribution in [3.8, 4) is 0 Å². The number of hydrogen-bond acceptors (Lipinski definition) is 7. The van der Waals surface area contributed by atoms with Crippen molar-refractivity contribution in [3.63, 3.8) is 0 Å². The van der Waals surface area contributed by atoms with E-state index in [2.05, 4.69) is 20.3 Å². The second-order valence-electron chi connectivity index (χ2n) is 6.74. The van der Waals surface area contributed by atoms with E-state index in [1.54, 1.807) is 10.9 Å². The van der Waals surface area contributed by atoms with Crippen LogP contribution in [0.3, 0.4) is 0 Å². The Balaban J connectivity index is 1.72. The number of aliphatic hydroxyl groups excluding tert-OH is 2. The Morgan fingerprint density at radius 1 is 1.21 bits per heavy atom. The first-order chi connectivity index (χ1) is 11.5. The molecule has 9 heteroatoms. The lowest BCUT2D eigenvalue weighted by Gasteiger charge is -2.18. The number of imidazole rings is 1. The molecule has 5 N–H and O–H groups in total. The third-order valence-corrected chi connectivity index (χ3v) is 5.31. The normalized spacial score (nSPS) is 31.2. The van der Waals surface area contributed by atoms with Crippen LogP contribution in [0.15, 0.2) is 6.33 Å². The summed E-state index contributed by atoms with van der Waals surface area (Å²) in [5.41, 5.74) is 7.02. The number of rotatable bonds is 3. The molecule has 2 fully saturated rings. The van der Waals surface area contributed by atoms with E-state index in [0.717, 1.165) is 12.8 Å². The Bertz CT molecular complexity index is 747. The topological polar surface area (TPSA) is 122 Å². The van der Waals surface area contributed by atoms with Gasteiger partial charge in [-0.1, -0.05) is 12.8 Å². The van der Waals surface area contributed by atoms with E-state index in [4.69, 9.17) is 17.3 Å². The molecule has 4 atom stereocenters. The van der Waals surface area contributed by atoms with Crippen LogP contribution in [-0.4, -0.2) is 54.0 Å². The predicted octanol–water partition coefficient (Wildman–Crippen LogP) is 0.828. The maximum Gasteiger partial charge on any atom is 0.226 e. The summed E-state index contributed by atoms with van der Waals surface area (Å²) in [6.45, 7) is 0. The molecule has 2 aliphatic carbocycles. The van der Waals surface area contributed by atoms with Crippen molar-refractivity contribution in [2.75, 3.05) is 5.32 Å². The number of hydrogen-bond donors (Lipinski definition) is 4. The fourth-order valence-corrected chi connectivity index (χ4v) is 3.98. The van der Waals surface area contributed by atoms with Crippen LogP contribution in [0.25, 0.3) is 11.2 Å². The lowest BCUT2D eigenvalue weighted by Crippen LogP contribution is -2.35. The summed E-state index contributed by atoms with van der Waals surface area (Å²) in [5.74, 6) is 0.619. The molecular formula is C15H21ClN6O2. The highest BCUT2D eigenvalue weighted by Gasteiger charge is 2.41. The maximum atomic E-state index is 10.3. The first-order valence-corrected chi connectivity index (χ1v) is 8.70. The van der Waals surface area contributed by atoms with Crippen LogP contribution in [0.1, 0.15) is 38.1 Å². The zero-order chi connectivity index (χ0) is 16.8. The first-order valence-electron chi connectivity index (χ1n) is 8.33. The van der Waals surface area contributed by atoms with Gasteiger partial charge in [-0.2, -0.15) is 9.97 Å². The Morgan fingerprint density at radius 2 is 1.96 bits per heavy atom. The van der Waals surface area contributed by atoms with Gasteiger partial charge in [0.25, 0.3) is 0 Å². The molecule has 24 heavy (non-hydrogen) atoms. The van der Waals surface area contributed by atoms with Gasteiger partial charge in [0, 0.05) is 12.1 Å². The fraction of sp³-hybridized carbons (Fsp3) is 0.667. The number of nitrogens with zero attached hydrogens (tertiary/aromatic N) is 4. The lowest BCUT2D eigenvalue weighted by atomic mass is 10.2. The number of nitrogens with two attached hydrogens (primary N) is 1. The second-order valence-corrected chi connectivity index (χ2v) is 7.08. The zero-order valence-electron chi connectivity index (χ0n) is 13.1. The first kappa shape index (κ1) is 16.0. The zero-order valence-corrected chi connectivity index (χ0v) is 13.9. The van der Waals surface area contributed by atoms with Gasteiger partial charge < -0.3 is 25.8 Å². The molecule has 2 saturated carbocycles. The summed E-state index contributed by atoms with van der Waals surface area (Å²) in [6, 6.07) is -0.488. The highest BCUT2D eigenvalue weighted by molar-refractivity contribution is 6.28. The largest absolute Gasteiger partial charge is 0.389 e. The van der Waals surface area contributed by atoms with Crippen LogP contribution in [0, 0.1) is 0 Å². The summed E-state index contributed by atoms with van der Waals surface area (Å²) < 4.78 is 1.74. The number of halogens is 1. The van der Waals surface area contributed by atoms with E-state index in [-0.39, 0.29) is 11.3 Å². The number of anilines is 1. The van der Waals surface area contributed by atoms with Gasteiger partial charge in [-0.05, 0) is 30.9 Å². The second kappa shape index (κ2) is 6.11. The number of fused-ring (bicyclic) bond motifs is 1. The van der Waals surface area contributed by atoms with Crippen molar-refractivity contribution in [1.29, 1.82) is 0 Å². The number of aliphatic hydroxyl groups is 2. The molecular weight excluding hydrogens is 332 g/mol. The third kappa shape index (κ3) is 2.63. The minimum absolute atomic E-state index is 0.127. The lowest BCUT2D eigenvalue weighted by molar-refractivity contribution is 0.0187. The van der Waals surface area contributed by atoms with Crippen molar-refractivity contribution < 1.29 is 10.2 Å². The summed E-state index contributed by atoms with van der Waals surface area (Å²) in [5, 5.41) is 23.7. The number of aromatic nitrogens is 4. The molecule has 0 saturated heterocycles. The summed E-state index contributed by atoms with van der Waals surface area (Å²) in [7, 11) is 0. The Morgan fingerprint density at radius 3 is 2.62 bits per heavy atom. The summed E-state index contributed by atoms with van der Waals surface area (Å²) in [6.07, 6.45) is 4.75. The molecule has 8 nitrogen and oxygen atoms in total. The standard InChI is InChI=1S/C15H21ClN6O2/c16-15-20-13(19-7-3-1-2-4-7)10-14(21-15)22(6-18-10)9-5-8(17)11(23)12(9)24/h6-9,11-12,23-24H,1-5,17H2,(H,19,20,21). The Labute approximate surface area is 144 Å². The molecule has 130 valence electrons. The molecule has 0 aromatic carbocycles. The van der Waals surface area contributed by atoms with Crippen molar-refractivity contribution >= 4 is 28.6 Å². The van der Waals surface area contributed by atoms with Crippen LogP contribution in [-0.2, 0) is 0 Å². The van der Waals surface area contributed by atoms with Gasteiger partial charge in [0.2, 0.25) is 5.28 Å². The summed E-state index contributed by atoms with van der Waals surface area (Å²) in [4.78, 5) is 13.0. The average Bonchev–Trinajstić information content (AvgIpc) is 3.25. The minimum atomic E-state index is -0.961. The van der Waals surface area contributed by atoms with E-state index in [1.807, 2.05) is 0 Å². The molecule has 0 amide bonds. The quantitative estimate of drug-likeness (QED) is 0.603. The van der Waals surface area contributed by atoms with E-state index in [0.29, 0.717) is 29.4 Å². The third-order valence-electron chi connectivity index (χ3n) is 5.14. The molecule has 0 aliphatic heterocycles. The molecule has 2 aliphatic rings. The van der Waals surface area contributed by atoms with Gasteiger partial charge in [0.05, 0.1) is 18.5 Å². The van der Waals surface area contributed by atoms with Crippen LogP contribution in [0.2, 0.25) is 5.28 Å². The van der Waals surface area contributed by atoms with E-state index in [1.165, 1.54) is 12.8 Å². The van der Waals surface area contributed by atoms with Gasteiger partial charge in [-0.15, -0.1) is 0 Å². The molecule has 0 radical (unpaired) electrons. The maximum absolute atomic E-state index is 10.3. The van der Waals surface area contributed by atoms with Gasteiger partial charge in [-0.25, -0.2) is 4.98 Å². The molecule has 0 bridgehead atoms. The highest BCUT2D eigenvalue weighted by Crippen LogP contribution is 2.34. The van der Waals surface area contributed by atoms with Gasteiger partial charge in [0.1, 0.15) is 6.10 Å². The molecule has 4 unspecified atom stereocenters. The monoisotopic (exact) mass is 352 g/mol. The fourth-order valence-electron chi connectivity index (χ4n) is 3.81. The predicted molar refractivity (Wildman–Crippen MR) is 89.9 cm³/mol. The molecule has 4 rings (SSSR count). The van der Waals surface area contributed by atoms with E-state index >= 15 is 0 Å². The van der Waals surface area contributed by atoms with Crippen LogP contribution in [0.4, 0.5) is 5.82 Å². The van der Waals surface area contributed by atoms with Crippen molar-refractivity contribution in [3.05, 3.63) is 11.6 Å². The van der Waals surface area contributed by atoms with Crippen molar-refractivity contribution in [2.24, 2.45) is 5.73 Å². The Kier molecular flexibility index (Phi) is 4.07. The van der Waals surface area contributed by atoms with Gasteiger partial charge in [-0.3, -0.25) is 0 Å². The van der Waals surface area contributed by atoms with Crippen LogP contribution < -0.4 is 11.1 Å². The SMILES string of the molecule is NC1CC(n2cnc3c(NC4CCCC4)nc(Cl)nc32)C(O)C1O. The molecule has 0 spiro atoms. The van der Waals surface area contributed by atoms with Gasteiger partial charge in [0.15, 0.2) is 17.0 Å². The van der Waals surface area contributed by atoms with E-state index < -0.39 is 18.2 Å². The number of nitrogens with one attached hydrogen (secondary N) is 1. The molecule has 2 aromatic heterocycles. The molecule has 2 aromatic rings. The average molecular weight is 353 g/mol. The van der Waals surface area contributed by atoms with Crippen LogP contribution >= 0.6 is 11.6 Å². The van der Waals surface area contributed by atoms with Crippen molar-refractivity contribution in [1.82, 2.24) is 19.5 Å². The summed E-state index contributed by atoms with van der Waals surface area (Å²) >= 11 is 6.10. The van der Waals surface area contributed by atoms with Gasteiger partial charge >= 0.3 is 0 Å². The van der Waals surface area contributed by atoms with E-state index in [9.17, 15) is 10.2 Å². The highest BCUT2D eigenvalue weighted by atomic mass is 35.5. The minimum Gasteiger partial charge on any atom is -0.389 e. The van der Waals surface area contributed by atoms with Crippen LogP contribution in [0.5, 0.6) is 0 Å².